The Bertz CT molecular complexity index is 844. The molecule has 3 nitrogen and oxygen atoms in total. The second-order valence-electron chi connectivity index (χ2n) is 5.00. The van der Waals surface area contributed by atoms with Crippen LogP contribution in [0.4, 0.5) is 5.69 Å². The summed E-state index contributed by atoms with van der Waals surface area (Å²) in [4.78, 5) is 11.9. The zero-order valence-corrected chi connectivity index (χ0v) is 13.6. The maximum atomic E-state index is 11.9. The summed E-state index contributed by atoms with van der Waals surface area (Å²) in [5.74, 6) is 0.361. The molecule has 0 aliphatic rings. The zero-order chi connectivity index (χ0) is 16.2. The van der Waals surface area contributed by atoms with Crippen LogP contribution in [0.2, 0.25) is 10.0 Å². The van der Waals surface area contributed by atoms with Crippen molar-refractivity contribution in [1.29, 1.82) is 0 Å². The number of amides is 1. The summed E-state index contributed by atoms with van der Waals surface area (Å²) in [7, 11) is 0. The molecule has 0 atom stereocenters. The number of benzene rings is 3. The molecule has 0 saturated carbocycles. The van der Waals surface area contributed by atoms with Crippen LogP contribution in [0.15, 0.2) is 60.7 Å². The van der Waals surface area contributed by atoms with E-state index in [1.807, 2.05) is 42.5 Å². The van der Waals surface area contributed by atoms with Crippen LogP contribution >= 0.6 is 23.2 Å². The Labute approximate surface area is 143 Å². The van der Waals surface area contributed by atoms with Crippen molar-refractivity contribution >= 4 is 45.6 Å². The Kier molecular flexibility index (Phi) is 4.70. The molecule has 0 heterocycles. The predicted octanol–water partition coefficient (Wildman–Crippen LogP) is 5.16. The van der Waals surface area contributed by atoms with Crippen LogP contribution in [0, 0.1) is 0 Å². The average Bonchev–Trinajstić information content (AvgIpc) is 2.52. The van der Waals surface area contributed by atoms with Gasteiger partial charge in [-0.05, 0) is 41.1 Å². The fourth-order valence-corrected chi connectivity index (χ4v) is 2.76. The smallest absolute Gasteiger partial charge is 0.262 e. The number of hydrogen-bond donors (Lipinski definition) is 1. The van der Waals surface area contributed by atoms with Crippen molar-refractivity contribution in [2.24, 2.45) is 0 Å². The van der Waals surface area contributed by atoms with Crippen molar-refractivity contribution in [1.82, 2.24) is 0 Å². The second kappa shape index (κ2) is 6.90. The fourth-order valence-electron chi connectivity index (χ4n) is 2.23. The van der Waals surface area contributed by atoms with E-state index in [0.717, 1.165) is 10.8 Å². The van der Waals surface area contributed by atoms with Gasteiger partial charge in [0, 0.05) is 15.7 Å². The molecule has 0 bridgehead atoms. The summed E-state index contributed by atoms with van der Waals surface area (Å²) >= 11 is 11.8. The molecule has 0 fully saturated rings. The molecule has 23 heavy (non-hydrogen) atoms. The molecule has 0 radical (unpaired) electrons. The van der Waals surface area contributed by atoms with Gasteiger partial charge in [0.15, 0.2) is 6.61 Å². The Morgan fingerprint density at radius 3 is 2.35 bits per heavy atom. The van der Waals surface area contributed by atoms with E-state index in [0.29, 0.717) is 21.5 Å². The molecule has 3 rings (SSSR count). The van der Waals surface area contributed by atoms with Gasteiger partial charge in [0.05, 0.1) is 0 Å². The molecule has 3 aromatic rings. The van der Waals surface area contributed by atoms with Gasteiger partial charge in [-0.25, -0.2) is 0 Å². The quantitative estimate of drug-likeness (QED) is 0.708. The third-order valence-electron chi connectivity index (χ3n) is 3.24. The number of halogens is 2. The predicted molar refractivity (Wildman–Crippen MR) is 94.5 cm³/mol. The van der Waals surface area contributed by atoms with Crippen LogP contribution in [0.25, 0.3) is 10.8 Å². The maximum absolute atomic E-state index is 11.9. The van der Waals surface area contributed by atoms with E-state index in [9.17, 15) is 4.79 Å². The number of hydrogen-bond acceptors (Lipinski definition) is 2. The molecule has 0 unspecified atom stereocenters. The molecule has 0 aromatic heterocycles. The van der Waals surface area contributed by atoms with Crippen LogP contribution < -0.4 is 10.1 Å². The number of ether oxygens (including phenoxy) is 1. The molecule has 1 N–H and O–H groups in total. The number of anilines is 1. The van der Waals surface area contributed by atoms with E-state index in [4.69, 9.17) is 27.9 Å². The summed E-state index contributed by atoms with van der Waals surface area (Å²) < 4.78 is 5.53. The van der Waals surface area contributed by atoms with Crippen LogP contribution in [0.1, 0.15) is 0 Å². The van der Waals surface area contributed by atoms with Crippen LogP contribution in [-0.4, -0.2) is 12.5 Å². The Hall–Kier alpha value is -2.23. The highest BCUT2D eigenvalue weighted by Crippen LogP contribution is 2.23. The fraction of sp³-hybridized carbons (Fsp3) is 0.0556. The van der Waals surface area contributed by atoms with Gasteiger partial charge in [-0.15, -0.1) is 0 Å². The van der Waals surface area contributed by atoms with Crippen molar-refractivity contribution < 1.29 is 9.53 Å². The van der Waals surface area contributed by atoms with Crippen LogP contribution in [-0.2, 0) is 4.79 Å². The highest BCUT2D eigenvalue weighted by atomic mass is 35.5. The lowest BCUT2D eigenvalue weighted by Crippen LogP contribution is -2.20. The van der Waals surface area contributed by atoms with Crippen molar-refractivity contribution in [2.75, 3.05) is 11.9 Å². The van der Waals surface area contributed by atoms with E-state index in [1.54, 1.807) is 18.2 Å². The topological polar surface area (TPSA) is 38.3 Å². The number of rotatable bonds is 4. The monoisotopic (exact) mass is 345 g/mol. The normalized spacial score (nSPS) is 10.5. The van der Waals surface area contributed by atoms with Gasteiger partial charge >= 0.3 is 0 Å². The van der Waals surface area contributed by atoms with E-state index in [1.165, 1.54) is 0 Å². The molecule has 3 aromatic carbocycles. The van der Waals surface area contributed by atoms with Crippen molar-refractivity contribution in [3.05, 3.63) is 70.7 Å². The van der Waals surface area contributed by atoms with Crippen LogP contribution in [0.3, 0.4) is 0 Å². The Morgan fingerprint density at radius 1 is 0.913 bits per heavy atom. The first-order valence-corrected chi connectivity index (χ1v) is 7.73. The third-order valence-corrected chi connectivity index (χ3v) is 3.67. The first-order valence-electron chi connectivity index (χ1n) is 6.98. The van der Waals surface area contributed by atoms with Gasteiger partial charge in [0.25, 0.3) is 5.91 Å². The van der Waals surface area contributed by atoms with E-state index < -0.39 is 0 Å². The van der Waals surface area contributed by atoms with Gasteiger partial charge in [0.1, 0.15) is 5.75 Å². The Morgan fingerprint density at radius 2 is 1.61 bits per heavy atom. The first-order chi connectivity index (χ1) is 11.1. The van der Waals surface area contributed by atoms with Gasteiger partial charge in [-0.1, -0.05) is 53.5 Å². The highest BCUT2D eigenvalue weighted by Gasteiger charge is 2.06. The molecule has 116 valence electrons. The summed E-state index contributed by atoms with van der Waals surface area (Å²) in [5.41, 5.74) is 0.537. The lowest BCUT2D eigenvalue weighted by molar-refractivity contribution is -0.118. The molecule has 0 aliphatic heterocycles. The minimum atomic E-state index is -0.281. The van der Waals surface area contributed by atoms with E-state index >= 15 is 0 Å². The largest absolute Gasteiger partial charge is 0.484 e. The lowest BCUT2D eigenvalue weighted by atomic mass is 10.1. The molecule has 0 saturated heterocycles. The number of carbonyl (C=O) groups is 1. The summed E-state index contributed by atoms with van der Waals surface area (Å²) in [6, 6.07) is 18.5. The summed E-state index contributed by atoms with van der Waals surface area (Å²) in [5, 5.41) is 5.81. The number of nitrogens with one attached hydrogen (secondary N) is 1. The van der Waals surface area contributed by atoms with Crippen molar-refractivity contribution in [3.63, 3.8) is 0 Å². The van der Waals surface area contributed by atoms with Crippen molar-refractivity contribution in [2.45, 2.75) is 0 Å². The van der Waals surface area contributed by atoms with E-state index in [-0.39, 0.29) is 12.5 Å². The number of carbonyl (C=O) groups excluding carboxylic acids is 1. The Balaban J connectivity index is 1.63. The second-order valence-corrected chi connectivity index (χ2v) is 5.88. The summed E-state index contributed by atoms with van der Waals surface area (Å²) in [6.45, 7) is -0.0948. The maximum Gasteiger partial charge on any atom is 0.262 e. The average molecular weight is 346 g/mol. The molecular formula is C18H13Cl2NO2. The standard InChI is InChI=1S/C18H13Cl2NO2/c19-14-8-15(20)10-16(9-14)21-18(22)11-23-17-6-5-12-3-1-2-4-13(12)7-17/h1-10H,11H2,(H,21,22). The first kappa shape index (κ1) is 15.7. The minimum Gasteiger partial charge on any atom is -0.484 e. The molecule has 1 amide bonds. The minimum absolute atomic E-state index is 0.0948. The van der Waals surface area contributed by atoms with Gasteiger partial charge in [-0.3, -0.25) is 4.79 Å². The molecule has 0 aliphatic carbocycles. The van der Waals surface area contributed by atoms with E-state index in [2.05, 4.69) is 5.32 Å². The number of fused-ring (bicyclic) bond motifs is 1. The lowest BCUT2D eigenvalue weighted by Gasteiger charge is -2.09. The zero-order valence-electron chi connectivity index (χ0n) is 12.1. The molecule has 0 spiro atoms. The van der Waals surface area contributed by atoms with Gasteiger partial charge in [0.2, 0.25) is 0 Å². The van der Waals surface area contributed by atoms with Gasteiger partial charge in [-0.2, -0.15) is 0 Å². The van der Waals surface area contributed by atoms with Crippen LogP contribution in [0.5, 0.6) is 5.75 Å². The van der Waals surface area contributed by atoms with Crippen molar-refractivity contribution in [3.8, 4) is 5.75 Å². The molecular weight excluding hydrogens is 333 g/mol. The van der Waals surface area contributed by atoms with Gasteiger partial charge < -0.3 is 10.1 Å². The summed E-state index contributed by atoms with van der Waals surface area (Å²) in [6.07, 6.45) is 0. The molecule has 5 heteroatoms. The third kappa shape index (κ3) is 4.15. The SMILES string of the molecule is O=C(COc1ccc2ccccc2c1)Nc1cc(Cl)cc(Cl)c1. The highest BCUT2D eigenvalue weighted by molar-refractivity contribution is 6.35.